The Balaban J connectivity index is 1.91. The molecule has 2 heterocycles. The van der Waals surface area contributed by atoms with Crippen molar-refractivity contribution in [1.82, 2.24) is 30.3 Å². The predicted octanol–water partition coefficient (Wildman–Crippen LogP) is 0.663. The molecule has 0 radical (unpaired) electrons. The predicted molar refractivity (Wildman–Crippen MR) is 88.8 cm³/mol. The molecule has 0 spiro atoms. The van der Waals surface area contributed by atoms with Crippen molar-refractivity contribution in [2.45, 2.75) is 46.2 Å². The maximum absolute atomic E-state index is 4.62. The largest absolute Gasteiger partial charge is 0.357 e. The number of likely N-dealkylation sites (tertiary alicyclic amines) is 1. The molecule has 1 aliphatic rings. The molecular weight excluding hydrogens is 278 g/mol. The van der Waals surface area contributed by atoms with Crippen LogP contribution < -0.4 is 10.6 Å². The smallest absolute Gasteiger partial charge is 0.191 e. The van der Waals surface area contributed by atoms with Gasteiger partial charge in [-0.25, -0.2) is 4.99 Å². The summed E-state index contributed by atoms with van der Waals surface area (Å²) in [6.07, 6.45) is 2.56. The van der Waals surface area contributed by atoms with E-state index in [1.807, 2.05) is 18.5 Å². The van der Waals surface area contributed by atoms with Crippen LogP contribution in [0.1, 0.15) is 38.3 Å². The van der Waals surface area contributed by atoms with Gasteiger partial charge < -0.3 is 15.2 Å². The van der Waals surface area contributed by atoms with Crippen molar-refractivity contribution < 1.29 is 0 Å². The molecular formula is C15H29N7. The van der Waals surface area contributed by atoms with Crippen LogP contribution in [0.3, 0.4) is 0 Å². The number of hydrogen-bond donors (Lipinski definition) is 2. The summed E-state index contributed by atoms with van der Waals surface area (Å²) in [5.41, 5.74) is 0. The van der Waals surface area contributed by atoms with Gasteiger partial charge in [0, 0.05) is 26.2 Å². The number of rotatable bonds is 6. The normalized spacial score (nSPS) is 19.6. The highest BCUT2D eigenvalue weighted by Gasteiger charge is 2.22. The van der Waals surface area contributed by atoms with Gasteiger partial charge in [0.2, 0.25) is 0 Å². The summed E-state index contributed by atoms with van der Waals surface area (Å²) in [5, 5.41) is 15.0. The van der Waals surface area contributed by atoms with Gasteiger partial charge in [-0.15, -0.1) is 10.2 Å². The first-order valence-corrected chi connectivity index (χ1v) is 8.26. The fraction of sp³-hybridized carbons (Fsp3) is 0.800. The highest BCUT2D eigenvalue weighted by Crippen LogP contribution is 2.15. The molecule has 1 aliphatic heterocycles. The SMILES string of the molecule is CCNC(=NCc1nnc(C)n1C)NCC1CCCN1CC. The standard InChI is InChI=1S/C15H29N7/c1-5-16-15(17-10-13-8-7-9-22(13)6-2)18-11-14-20-19-12(3)21(14)4/h13H,5-11H2,1-4H3,(H2,16,17,18). The van der Waals surface area contributed by atoms with Gasteiger partial charge >= 0.3 is 0 Å². The summed E-state index contributed by atoms with van der Waals surface area (Å²) in [4.78, 5) is 7.15. The van der Waals surface area contributed by atoms with Crippen molar-refractivity contribution >= 4 is 5.96 Å². The van der Waals surface area contributed by atoms with Crippen LogP contribution in [0, 0.1) is 6.92 Å². The Morgan fingerprint density at radius 1 is 1.32 bits per heavy atom. The topological polar surface area (TPSA) is 70.4 Å². The van der Waals surface area contributed by atoms with E-state index >= 15 is 0 Å². The third kappa shape index (κ3) is 4.19. The van der Waals surface area contributed by atoms with Crippen molar-refractivity contribution in [2.24, 2.45) is 12.0 Å². The van der Waals surface area contributed by atoms with Gasteiger partial charge in [-0.1, -0.05) is 6.92 Å². The van der Waals surface area contributed by atoms with E-state index in [9.17, 15) is 0 Å². The van der Waals surface area contributed by atoms with Crippen molar-refractivity contribution in [3.8, 4) is 0 Å². The van der Waals surface area contributed by atoms with Crippen molar-refractivity contribution in [3.63, 3.8) is 0 Å². The van der Waals surface area contributed by atoms with Gasteiger partial charge in [0.15, 0.2) is 11.8 Å². The molecule has 1 aromatic rings. The Morgan fingerprint density at radius 2 is 2.14 bits per heavy atom. The van der Waals surface area contributed by atoms with Crippen LogP contribution >= 0.6 is 0 Å². The summed E-state index contributed by atoms with van der Waals surface area (Å²) in [5.74, 6) is 2.64. The van der Waals surface area contributed by atoms with Gasteiger partial charge in [-0.2, -0.15) is 0 Å². The fourth-order valence-electron chi connectivity index (χ4n) is 2.84. The monoisotopic (exact) mass is 307 g/mol. The lowest BCUT2D eigenvalue weighted by Gasteiger charge is -2.23. The Labute approximate surface area is 133 Å². The molecule has 0 amide bonds. The second kappa shape index (κ2) is 8.12. The molecule has 7 nitrogen and oxygen atoms in total. The lowest BCUT2D eigenvalue weighted by molar-refractivity contribution is 0.267. The molecule has 1 atom stereocenters. The van der Waals surface area contributed by atoms with Gasteiger partial charge in [0.25, 0.3) is 0 Å². The van der Waals surface area contributed by atoms with Gasteiger partial charge in [-0.05, 0) is 39.8 Å². The van der Waals surface area contributed by atoms with E-state index in [4.69, 9.17) is 0 Å². The Bertz CT molecular complexity index is 494. The van der Waals surface area contributed by atoms with E-state index in [2.05, 4.69) is 44.6 Å². The number of aromatic nitrogens is 3. The van der Waals surface area contributed by atoms with E-state index in [1.54, 1.807) is 0 Å². The minimum atomic E-state index is 0.537. The van der Waals surface area contributed by atoms with Crippen LogP contribution in [0.5, 0.6) is 0 Å². The van der Waals surface area contributed by atoms with Gasteiger partial charge in [-0.3, -0.25) is 4.90 Å². The third-order valence-electron chi connectivity index (χ3n) is 4.32. The third-order valence-corrected chi connectivity index (χ3v) is 4.32. The number of likely N-dealkylation sites (N-methyl/N-ethyl adjacent to an activating group) is 1. The van der Waals surface area contributed by atoms with Crippen LogP contribution in [-0.2, 0) is 13.6 Å². The molecule has 2 rings (SSSR count). The van der Waals surface area contributed by atoms with E-state index in [-0.39, 0.29) is 0 Å². The minimum absolute atomic E-state index is 0.537. The average Bonchev–Trinajstić information content (AvgIpc) is 3.10. The van der Waals surface area contributed by atoms with Gasteiger partial charge in [0.1, 0.15) is 12.4 Å². The Hall–Kier alpha value is -1.63. The van der Waals surface area contributed by atoms with E-state index in [0.29, 0.717) is 12.6 Å². The zero-order chi connectivity index (χ0) is 15.9. The van der Waals surface area contributed by atoms with Crippen molar-refractivity contribution in [3.05, 3.63) is 11.6 Å². The number of guanidine groups is 1. The Kier molecular flexibility index (Phi) is 6.18. The summed E-state index contributed by atoms with van der Waals surface area (Å²) >= 11 is 0. The highest BCUT2D eigenvalue weighted by molar-refractivity contribution is 5.79. The maximum Gasteiger partial charge on any atom is 0.191 e. The minimum Gasteiger partial charge on any atom is -0.357 e. The van der Waals surface area contributed by atoms with E-state index in [1.165, 1.54) is 19.4 Å². The molecule has 7 heteroatoms. The first-order valence-electron chi connectivity index (χ1n) is 8.26. The lowest BCUT2D eigenvalue weighted by Crippen LogP contribution is -2.44. The lowest BCUT2D eigenvalue weighted by atomic mass is 10.2. The van der Waals surface area contributed by atoms with Crippen molar-refractivity contribution in [2.75, 3.05) is 26.2 Å². The number of aryl methyl sites for hydroxylation is 1. The zero-order valence-corrected chi connectivity index (χ0v) is 14.3. The van der Waals surface area contributed by atoms with Crippen LogP contribution in [0.15, 0.2) is 4.99 Å². The van der Waals surface area contributed by atoms with Crippen LogP contribution in [0.2, 0.25) is 0 Å². The molecule has 1 fully saturated rings. The summed E-state index contributed by atoms with van der Waals surface area (Å²) in [6.45, 7) is 10.9. The van der Waals surface area contributed by atoms with Crippen LogP contribution in [-0.4, -0.2) is 57.8 Å². The number of nitrogens with zero attached hydrogens (tertiary/aromatic N) is 5. The molecule has 1 saturated heterocycles. The summed E-state index contributed by atoms with van der Waals surface area (Å²) in [6, 6.07) is 0.617. The molecule has 0 aromatic carbocycles. The number of nitrogens with one attached hydrogen (secondary N) is 2. The average molecular weight is 307 g/mol. The summed E-state index contributed by atoms with van der Waals surface area (Å²) in [7, 11) is 1.97. The van der Waals surface area contributed by atoms with E-state index in [0.717, 1.165) is 37.2 Å². The molecule has 2 N–H and O–H groups in total. The van der Waals surface area contributed by atoms with Crippen molar-refractivity contribution in [1.29, 1.82) is 0 Å². The molecule has 22 heavy (non-hydrogen) atoms. The summed E-state index contributed by atoms with van der Waals surface area (Å²) < 4.78 is 1.98. The maximum atomic E-state index is 4.62. The second-order valence-corrected chi connectivity index (χ2v) is 5.72. The molecule has 1 aromatic heterocycles. The highest BCUT2D eigenvalue weighted by atomic mass is 15.3. The van der Waals surface area contributed by atoms with Crippen LogP contribution in [0.25, 0.3) is 0 Å². The zero-order valence-electron chi connectivity index (χ0n) is 14.3. The first kappa shape index (κ1) is 16.7. The molecule has 0 aliphatic carbocycles. The fourth-order valence-corrected chi connectivity index (χ4v) is 2.84. The van der Waals surface area contributed by atoms with E-state index < -0.39 is 0 Å². The molecule has 0 bridgehead atoms. The van der Waals surface area contributed by atoms with Crippen LogP contribution in [0.4, 0.5) is 0 Å². The number of aliphatic imine (C=N–C) groups is 1. The molecule has 124 valence electrons. The first-order chi connectivity index (χ1) is 10.7. The number of hydrogen-bond acceptors (Lipinski definition) is 4. The van der Waals surface area contributed by atoms with Gasteiger partial charge in [0.05, 0.1) is 0 Å². The molecule has 0 saturated carbocycles. The Morgan fingerprint density at radius 3 is 2.77 bits per heavy atom. The molecule has 1 unspecified atom stereocenters. The second-order valence-electron chi connectivity index (χ2n) is 5.72. The quantitative estimate of drug-likeness (QED) is 0.597.